The van der Waals surface area contributed by atoms with Crippen LogP contribution in [0.2, 0.25) is 0 Å². The summed E-state index contributed by atoms with van der Waals surface area (Å²) >= 11 is 0. The molecule has 2 saturated heterocycles. The van der Waals surface area contributed by atoms with Crippen molar-refractivity contribution in [1.29, 1.82) is 0 Å². The van der Waals surface area contributed by atoms with Crippen LogP contribution in [0, 0.1) is 11.8 Å². The summed E-state index contributed by atoms with van der Waals surface area (Å²) < 4.78 is 72.6. The minimum atomic E-state index is -4.49. The first-order valence-corrected chi connectivity index (χ1v) is 14.6. The fourth-order valence-electron chi connectivity index (χ4n) is 5.68. The van der Waals surface area contributed by atoms with Gasteiger partial charge in [-0.1, -0.05) is 36.4 Å². The number of carbonyl (C=O) groups excluding carboxylic acids is 1. The van der Waals surface area contributed by atoms with Gasteiger partial charge in [0.1, 0.15) is 6.10 Å². The Balaban J connectivity index is 1.75. The summed E-state index contributed by atoms with van der Waals surface area (Å²) in [5.41, 5.74) is 0. The summed E-state index contributed by atoms with van der Waals surface area (Å²) in [7, 11) is -8.98. The van der Waals surface area contributed by atoms with Gasteiger partial charge in [0, 0.05) is 18.3 Å². The van der Waals surface area contributed by atoms with Gasteiger partial charge in [-0.15, -0.1) is 0 Å². The minimum absolute atomic E-state index is 0.0329. The number of ether oxygens (including phenoxy) is 3. The highest BCUT2D eigenvalue weighted by Gasteiger charge is 2.85. The molecule has 1 saturated carbocycles. The van der Waals surface area contributed by atoms with E-state index in [1.54, 1.807) is 50.2 Å². The first-order valence-electron chi connectivity index (χ1n) is 11.6. The monoisotopic (exact) mass is 520 g/mol. The molecule has 0 amide bonds. The lowest BCUT2D eigenvalue weighted by atomic mass is 10.0. The van der Waals surface area contributed by atoms with Crippen LogP contribution >= 0.6 is 0 Å². The van der Waals surface area contributed by atoms with Gasteiger partial charge < -0.3 is 14.2 Å². The van der Waals surface area contributed by atoms with Gasteiger partial charge in [0.2, 0.25) is 0 Å². The molecule has 8 nitrogen and oxygen atoms in total. The van der Waals surface area contributed by atoms with Crippen LogP contribution in [0.1, 0.15) is 33.1 Å². The number of esters is 1. The predicted octanol–water partition coefficient (Wildman–Crippen LogP) is 3.12. The molecular formula is C25H28O8S2. The van der Waals surface area contributed by atoms with E-state index in [9.17, 15) is 21.6 Å². The van der Waals surface area contributed by atoms with Gasteiger partial charge in [-0.3, -0.25) is 4.79 Å². The Morgan fingerprint density at radius 2 is 1.31 bits per heavy atom. The molecule has 4 atom stereocenters. The molecule has 3 fully saturated rings. The molecule has 0 radical (unpaired) electrons. The molecule has 2 aromatic carbocycles. The highest BCUT2D eigenvalue weighted by atomic mass is 32.3. The third-order valence-corrected chi connectivity index (χ3v) is 13.0. The van der Waals surface area contributed by atoms with E-state index in [1.165, 1.54) is 24.3 Å². The van der Waals surface area contributed by atoms with Crippen molar-refractivity contribution >= 4 is 25.6 Å². The molecule has 0 bridgehead atoms. The van der Waals surface area contributed by atoms with Crippen LogP contribution in [0.25, 0.3) is 0 Å². The number of hydrogen-bond acceptors (Lipinski definition) is 8. The molecule has 188 valence electrons. The average Bonchev–Trinajstić information content (AvgIpc) is 3.45. The largest absolute Gasteiger partial charge is 0.462 e. The maximum atomic E-state index is 14.4. The van der Waals surface area contributed by atoms with Crippen molar-refractivity contribution in [3.05, 3.63) is 60.7 Å². The Labute approximate surface area is 205 Å². The van der Waals surface area contributed by atoms with E-state index >= 15 is 0 Å². The van der Waals surface area contributed by atoms with E-state index in [0.717, 1.165) is 0 Å². The molecule has 2 aromatic rings. The van der Waals surface area contributed by atoms with Gasteiger partial charge in [-0.2, -0.15) is 0 Å². The molecule has 0 spiro atoms. The second-order valence-electron chi connectivity index (χ2n) is 9.69. The molecule has 3 aliphatic rings. The van der Waals surface area contributed by atoms with E-state index in [4.69, 9.17) is 14.2 Å². The van der Waals surface area contributed by atoms with Crippen LogP contribution in [0.15, 0.2) is 70.5 Å². The van der Waals surface area contributed by atoms with Crippen molar-refractivity contribution in [1.82, 2.24) is 0 Å². The number of hydrogen-bond donors (Lipinski definition) is 0. The van der Waals surface area contributed by atoms with Crippen molar-refractivity contribution in [2.24, 2.45) is 11.8 Å². The zero-order valence-corrected chi connectivity index (χ0v) is 21.1. The Morgan fingerprint density at radius 3 is 1.77 bits per heavy atom. The molecule has 0 N–H and O–H groups in total. The zero-order valence-electron chi connectivity index (χ0n) is 19.5. The predicted molar refractivity (Wildman–Crippen MR) is 126 cm³/mol. The number of carbonyl (C=O) groups is 1. The third kappa shape index (κ3) is 3.73. The minimum Gasteiger partial charge on any atom is -0.462 e. The van der Waals surface area contributed by atoms with Crippen molar-refractivity contribution in [2.75, 3.05) is 6.61 Å². The Morgan fingerprint density at radius 1 is 0.800 bits per heavy atom. The highest BCUT2D eigenvalue weighted by molar-refractivity contribution is 8.11. The van der Waals surface area contributed by atoms with E-state index in [-0.39, 0.29) is 22.8 Å². The van der Waals surface area contributed by atoms with Gasteiger partial charge in [0.15, 0.2) is 29.5 Å². The number of sulfone groups is 2. The molecule has 2 heterocycles. The molecule has 0 unspecified atom stereocenters. The molecule has 5 rings (SSSR count). The highest BCUT2D eigenvalue weighted by Crippen LogP contribution is 2.68. The maximum absolute atomic E-state index is 14.4. The van der Waals surface area contributed by atoms with E-state index in [1.807, 2.05) is 0 Å². The van der Waals surface area contributed by atoms with Crippen molar-refractivity contribution < 1.29 is 35.8 Å². The summed E-state index contributed by atoms with van der Waals surface area (Å²) in [6.45, 7) is 3.43. The maximum Gasteiger partial charge on any atom is 0.306 e. The van der Waals surface area contributed by atoms with Crippen molar-refractivity contribution in [2.45, 2.75) is 65.0 Å². The van der Waals surface area contributed by atoms with Gasteiger partial charge >= 0.3 is 5.97 Å². The number of benzene rings is 2. The van der Waals surface area contributed by atoms with Crippen LogP contribution in [-0.2, 0) is 38.7 Å². The van der Waals surface area contributed by atoms with Gasteiger partial charge in [0.25, 0.3) is 0 Å². The van der Waals surface area contributed by atoms with Crippen LogP contribution < -0.4 is 0 Å². The third-order valence-electron chi connectivity index (χ3n) is 7.14. The molecular weight excluding hydrogens is 492 g/mol. The van der Waals surface area contributed by atoms with Crippen molar-refractivity contribution in [3.63, 3.8) is 0 Å². The fraction of sp³-hybridized carbons (Fsp3) is 0.480. The van der Waals surface area contributed by atoms with Crippen LogP contribution in [-0.4, -0.2) is 51.5 Å². The molecule has 2 aliphatic heterocycles. The first-order chi connectivity index (χ1) is 16.5. The quantitative estimate of drug-likeness (QED) is 0.534. The number of rotatable bonds is 6. The number of cyclic esters (lactones) is 1. The molecule has 35 heavy (non-hydrogen) atoms. The fourth-order valence-corrected chi connectivity index (χ4v) is 11.7. The van der Waals surface area contributed by atoms with Crippen LogP contribution in [0.4, 0.5) is 0 Å². The molecule has 0 aromatic heterocycles. The summed E-state index contributed by atoms with van der Waals surface area (Å²) in [5.74, 6) is -3.46. The summed E-state index contributed by atoms with van der Waals surface area (Å²) in [6.07, 6.45) is -0.598. The zero-order chi connectivity index (χ0) is 25.1. The van der Waals surface area contributed by atoms with Crippen molar-refractivity contribution in [3.8, 4) is 0 Å². The lowest BCUT2D eigenvalue weighted by Gasteiger charge is -2.26. The summed E-state index contributed by atoms with van der Waals surface area (Å²) in [5, 5.41) is 0. The normalized spacial score (nSPS) is 29.9. The Hall–Kier alpha value is -2.27. The smallest absolute Gasteiger partial charge is 0.306 e. The van der Waals surface area contributed by atoms with E-state index < -0.39 is 59.6 Å². The van der Waals surface area contributed by atoms with E-state index in [0.29, 0.717) is 12.8 Å². The van der Waals surface area contributed by atoms with Crippen LogP contribution in [0.3, 0.4) is 0 Å². The topological polar surface area (TPSA) is 113 Å². The second-order valence-corrected chi connectivity index (χ2v) is 14.3. The first kappa shape index (κ1) is 24.4. The van der Waals surface area contributed by atoms with Crippen LogP contribution in [0.5, 0.6) is 0 Å². The summed E-state index contributed by atoms with van der Waals surface area (Å²) in [4.78, 5) is 12.0. The Kier molecular flexibility index (Phi) is 5.86. The van der Waals surface area contributed by atoms with Gasteiger partial charge in [-0.05, 0) is 51.0 Å². The second kappa shape index (κ2) is 8.40. The molecule has 1 aliphatic carbocycles. The van der Waals surface area contributed by atoms with Gasteiger partial charge in [0.05, 0.1) is 22.5 Å². The standard InChI is InChI=1S/C25H28O8S2/c1-24(2)31-16-20(33-24)23-22(19-14-9-15-21(26)32-19)25(23,34(27,28)17-10-5-3-6-11-17)35(29,30)18-12-7-4-8-13-18/h3-8,10-13,19-20,22-23H,9,14-16H2,1-2H3/t19-,20+,22+,23+/m0/s1. The lowest BCUT2D eigenvalue weighted by Crippen LogP contribution is -2.41. The average molecular weight is 521 g/mol. The van der Waals surface area contributed by atoms with E-state index in [2.05, 4.69) is 0 Å². The van der Waals surface area contributed by atoms with Gasteiger partial charge in [-0.25, -0.2) is 16.8 Å². The molecule has 10 heteroatoms. The SMILES string of the molecule is CC1(C)OC[C@H]([C@@H]2[C@@H]([C@@H]3CCCC(=O)O3)C2(S(=O)(=O)c2ccccc2)S(=O)(=O)c2ccccc2)O1. The Bertz CT molecular complexity index is 1250. The summed E-state index contributed by atoms with van der Waals surface area (Å²) in [6, 6.07) is 15.1. The lowest BCUT2D eigenvalue weighted by molar-refractivity contribution is -0.156.